The number of ketones is 1. The van der Waals surface area contributed by atoms with Crippen LogP contribution in [-0.2, 0) is 0 Å². The minimum absolute atomic E-state index is 0.0922. The third-order valence-electron chi connectivity index (χ3n) is 4.22. The number of hydrogen-bond acceptors (Lipinski definition) is 7. The van der Waals surface area contributed by atoms with Crippen LogP contribution in [0.25, 0.3) is 5.69 Å². The van der Waals surface area contributed by atoms with E-state index in [-0.39, 0.29) is 11.5 Å². The van der Waals surface area contributed by atoms with Gasteiger partial charge in [0, 0.05) is 0 Å². The van der Waals surface area contributed by atoms with Gasteiger partial charge >= 0.3 is 0 Å². The molecule has 3 rings (SSSR count). The van der Waals surface area contributed by atoms with E-state index in [4.69, 9.17) is 9.47 Å². The van der Waals surface area contributed by atoms with Gasteiger partial charge in [-0.25, -0.2) is 0 Å². The molecule has 1 aromatic heterocycles. The summed E-state index contributed by atoms with van der Waals surface area (Å²) in [4.78, 5) is 12.7. The molecule has 0 amide bonds. The smallest absolute Gasteiger partial charge is 0.214 e. The van der Waals surface area contributed by atoms with Gasteiger partial charge in [0.15, 0.2) is 5.78 Å². The van der Waals surface area contributed by atoms with Crippen molar-refractivity contribution in [3.8, 4) is 17.2 Å². The summed E-state index contributed by atoms with van der Waals surface area (Å²) in [7, 11) is 3.09. The third kappa shape index (κ3) is 4.11. The second-order valence-electron chi connectivity index (χ2n) is 5.92. The van der Waals surface area contributed by atoms with Gasteiger partial charge in [0.1, 0.15) is 11.5 Å². The molecular formula is C19H20N4O3S. The normalized spacial score (nSPS) is 10.7. The molecule has 0 N–H and O–H groups in total. The van der Waals surface area contributed by atoms with Crippen LogP contribution in [0.1, 0.15) is 21.5 Å². The zero-order valence-electron chi connectivity index (χ0n) is 15.6. The maximum atomic E-state index is 12.7. The number of ether oxygens (including phenoxy) is 2. The Morgan fingerprint density at radius 2 is 1.89 bits per heavy atom. The molecule has 0 bridgehead atoms. The van der Waals surface area contributed by atoms with Crippen molar-refractivity contribution >= 4 is 17.5 Å². The molecule has 1 heterocycles. The van der Waals surface area contributed by atoms with Crippen LogP contribution in [0.15, 0.2) is 41.6 Å². The molecule has 0 radical (unpaired) electrons. The number of hydrogen-bond donors (Lipinski definition) is 0. The van der Waals surface area contributed by atoms with E-state index in [0.29, 0.717) is 22.2 Å². The molecule has 7 nitrogen and oxygen atoms in total. The lowest BCUT2D eigenvalue weighted by molar-refractivity contribution is 0.101. The van der Waals surface area contributed by atoms with E-state index in [9.17, 15) is 4.79 Å². The number of carbonyl (C=O) groups excluding carboxylic acids is 1. The van der Waals surface area contributed by atoms with E-state index >= 15 is 0 Å². The van der Waals surface area contributed by atoms with Crippen LogP contribution in [0.2, 0.25) is 0 Å². The second-order valence-corrected chi connectivity index (χ2v) is 6.86. The van der Waals surface area contributed by atoms with E-state index in [0.717, 1.165) is 11.3 Å². The fourth-order valence-electron chi connectivity index (χ4n) is 2.53. The van der Waals surface area contributed by atoms with Crippen LogP contribution >= 0.6 is 11.8 Å². The van der Waals surface area contributed by atoms with Crippen molar-refractivity contribution in [3.63, 3.8) is 0 Å². The maximum absolute atomic E-state index is 12.7. The molecular weight excluding hydrogens is 364 g/mol. The van der Waals surface area contributed by atoms with Gasteiger partial charge in [-0.2, -0.15) is 4.68 Å². The van der Waals surface area contributed by atoms with Crippen LogP contribution in [-0.4, -0.2) is 46.0 Å². The Balaban J connectivity index is 1.79. The predicted octanol–water partition coefficient (Wildman–Crippen LogP) is 3.27. The molecule has 0 aliphatic heterocycles. The number of rotatable bonds is 7. The Bertz CT molecular complexity index is 971. The number of aryl methyl sites for hydroxylation is 2. The number of carbonyl (C=O) groups is 1. The molecule has 0 spiro atoms. The molecule has 140 valence electrons. The van der Waals surface area contributed by atoms with Gasteiger partial charge in [0.25, 0.3) is 0 Å². The Morgan fingerprint density at radius 1 is 1.07 bits per heavy atom. The Morgan fingerprint density at radius 3 is 2.59 bits per heavy atom. The lowest BCUT2D eigenvalue weighted by atomic mass is 10.1. The Hall–Kier alpha value is -2.87. The van der Waals surface area contributed by atoms with Crippen molar-refractivity contribution in [2.45, 2.75) is 19.0 Å². The molecule has 3 aromatic rings. The summed E-state index contributed by atoms with van der Waals surface area (Å²) in [5, 5.41) is 12.4. The van der Waals surface area contributed by atoms with Crippen molar-refractivity contribution in [2.75, 3.05) is 20.0 Å². The van der Waals surface area contributed by atoms with E-state index in [2.05, 4.69) is 22.4 Å². The van der Waals surface area contributed by atoms with Crippen LogP contribution in [0.5, 0.6) is 11.5 Å². The molecule has 2 aromatic carbocycles. The number of thioether (sulfide) groups is 1. The standard InChI is InChI=1S/C19H20N4O3S/c1-12-5-6-14(9-13(12)2)23-19(20-21-22-23)27-11-17(24)16-10-15(25-3)7-8-18(16)26-4/h5-10H,11H2,1-4H3. The van der Waals surface area contributed by atoms with Crippen molar-refractivity contribution in [3.05, 3.63) is 53.1 Å². The topological polar surface area (TPSA) is 79.1 Å². The van der Waals surface area contributed by atoms with Crippen LogP contribution < -0.4 is 9.47 Å². The Kier molecular flexibility index (Phi) is 5.75. The van der Waals surface area contributed by atoms with E-state index in [1.165, 1.54) is 24.4 Å². The first-order chi connectivity index (χ1) is 13.0. The summed E-state index contributed by atoms with van der Waals surface area (Å²) in [6, 6.07) is 11.1. The number of benzene rings is 2. The quantitative estimate of drug-likeness (QED) is 0.457. The molecule has 0 aliphatic carbocycles. The van der Waals surface area contributed by atoms with Crippen LogP contribution in [0.3, 0.4) is 0 Å². The Labute approximate surface area is 161 Å². The lowest BCUT2D eigenvalue weighted by Crippen LogP contribution is -2.07. The highest BCUT2D eigenvalue weighted by molar-refractivity contribution is 7.99. The van der Waals surface area contributed by atoms with Gasteiger partial charge in [0.2, 0.25) is 5.16 Å². The van der Waals surface area contributed by atoms with Crippen molar-refractivity contribution in [1.29, 1.82) is 0 Å². The summed E-state index contributed by atoms with van der Waals surface area (Å²) in [6.07, 6.45) is 0. The number of Topliss-reactive ketones (excluding diaryl/α,β-unsaturated/α-hetero) is 1. The fourth-order valence-corrected chi connectivity index (χ4v) is 3.30. The SMILES string of the molecule is COc1ccc(OC)c(C(=O)CSc2nnnn2-c2ccc(C)c(C)c2)c1. The van der Waals surface area contributed by atoms with Gasteiger partial charge in [-0.1, -0.05) is 17.8 Å². The number of methoxy groups -OCH3 is 2. The zero-order chi connectivity index (χ0) is 19.4. The van der Waals surface area contributed by atoms with Gasteiger partial charge in [-0.15, -0.1) is 5.10 Å². The molecule has 27 heavy (non-hydrogen) atoms. The van der Waals surface area contributed by atoms with Crippen molar-refractivity contribution in [1.82, 2.24) is 20.2 Å². The van der Waals surface area contributed by atoms with Crippen LogP contribution in [0.4, 0.5) is 0 Å². The number of tetrazole rings is 1. The first kappa shape index (κ1) is 18.9. The highest BCUT2D eigenvalue weighted by atomic mass is 32.2. The minimum Gasteiger partial charge on any atom is -0.497 e. The monoisotopic (exact) mass is 384 g/mol. The van der Waals surface area contributed by atoms with Gasteiger partial charge < -0.3 is 9.47 Å². The molecule has 0 atom stereocenters. The average Bonchev–Trinajstić information content (AvgIpc) is 3.16. The van der Waals surface area contributed by atoms with Crippen molar-refractivity contribution in [2.24, 2.45) is 0 Å². The van der Waals surface area contributed by atoms with Gasteiger partial charge in [-0.05, 0) is 65.7 Å². The lowest BCUT2D eigenvalue weighted by Gasteiger charge is -2.10. The van der Waals surface area contributed by atoms with E-state index < -0.39 is 0 Å². The number of aromatic nitrogens is 4. The van der Waals surface area contributed by atoms with Gasteiger partial charge in [0.05, 0.1) is 31.2 Å². The molecule has 8 heteroatoms. The average molecular weight is 384 g/mol. The zero-order valence-corrected chi connectivity index (χ0v) is 16.4. The highest BCUT2D eigenvalue weighted by Crippen LogP contribution is 2.27. The molecule has 0 saturated carbocycles. The van der Waals surface area contributed by atoms with E-state index in [1.54, 1.807) is 30.0 Å². The third-order valence-corrected chi connectivity index (χ3v) is 5.13. The van der Waals surface area contributed by atoms with Crippen LogP contribution in [0, 0.1) is 13.8 Å². The minimum atomic E-state index is -0.0922. The van der Waals surface area contributed by atoms with E-state index in [1.807, 2.05) is 25.1 Å². The second kappa shape index (κ2) is 8.22. The summed E-state index contributed by atoms with van der Waals surface area (Å²) >= 11 is 1.28. The summed E-state index contributed by atoms with van der Waals surface area (Å²) < 4.78 is 12.1. The molecule has 0 unspecified atom stereocenters. The highest BCUT2D eigenvalue weighted by Gasteiger charge is 2.17. The molecule has 0 aliphatic rings. The summed E-state index contributed by atoms with van der Waals surface area (Å²) in [5.41, 5.74) is 3.67. The molecule has 0 fully saturated rings. The summed E-state index contributed by atoms with van der Waals surface area (Å²) in [6.45, 7) is 4.09. The first-order valence-electron chi connectivity index (χ1n) is 8.27. The largest absolute Gasteiger partial charge is 0.497 e. The predicted molar refractivity (Wildman–Crippen MR) is 103 cm³/mol. The summed E-state index contributed by atoms with van der Waals surface area (Å²) in [5.74, 6) is 1.19. The van der Waals surface area contributed by atoms with Gasteiger partial charge in [-0.3, -0.25) is 4.79 Å². The molecule has 0 saturated heterocycles. The maximum Gasteiger partial charge on any atom is 0.214 e. The fraction of sp³-hybridized carbons (Fsp3) is 0.263. The number of nitrogens with zero attached hydrogens (tertiary/aromatic N) is 4. The first-order valence-corrected chi connectivity index (χ1v) is 9.26. The van der Waals surface area contributed by atoms with Crippen molar-refractivity contribution < 1.29 is 14.3 Å².